The zero-order valence-electron chi connectivity index (χ0n) is 10.4. The van der Waals surface area contributed by atoms with Gasteiger partial charge in [-0.15, -0.1) is 0 Å². The van der Waals surface area contributed by atoms with E-state index in [9.17, 15) is 4.79 Å². The van der Waals surface area contributed by atoms with E-state index in [0.717, 1.165) is 11.3 Å². The number of pyridine rings is 1. The van der Waals surface area contributed by atoms with Crippen LogP contribution in [0.25, 0.3) is 0 Å². The number of hydrogen-bond acceptors (Lipinski definition) is 4. The van der Waals surface area contributed by atoms with E-state index in [1.54, 1.807) is 11.0 Å². The molecule has 2 heterocycles. The van der Waals surface area contributed by atoms with Crippen molar-refractivity contribution in [3.05, 3.63) is 23.4 Å². The van der Waals surface area contributed by atoms with Crippen molar-refractivity contribution < 1.29 is 9.53 Å². The number of nitrogens with two attached hydrogens (primary N) is 1. The number of anilines is 1. The third-order valence-electron chi connectivity index (χ3n) is 2.44. The molecule has 2 N–H and O–H groups in total. The monoisotopic (exact) mass is 235 g/mol. The highest BCUT2D eigenvalue weighted by atomic mass is 16.6. The highest BCUT2D eigenvalue weighted by molar-refractivity contribution is 5.69. The average Bonchev–Trinajstić information content (AvgIpc) is 2.57. The van der Waals surface area contributed by atoms with Crippen molar-refractivity contribution in [2.75, 3.05) is 5.73 Å². The van der Waals surface area contributed by atoms with Crippen LogP contribution in [-0.4, -0.2) is 21.6 Å². The van der Waals surface area contributed by atoms with Crippen molar-refractivity contribution in [3.63, 3.8) is 0 Å². The van der Waals surface area contributed by atoms with Gasteiger partial charge in [-0.1, -0.05) is 6.07 Å². The van der Waals surface area contributed by atoms with Gasteiger partial charge in [-0.2, -0.15) is 0 Å². The molecule has 0 unspecified atom stereocenters. The summed E-state index contributed by atoms with van der Waals surface area (Å²) in [4.78, 5) is 17.7. The Kier molecular flexibility index (Phi) is 2.69. The van der Waals surface area contributed by atoms with Crippen LogP contribution in [0.15, 0.2) is 12.1 Å². The minimum atomic E-state index is -0.474. The number of carbonyl (C=O) groups excluding carboxylic acids is 1. The predicted octanol–water partition coefficient (Wildman–Crippen LogP) is 1.91. The lowest BCUT2D eigenvalue weighted by atomic mass is 10.2. The fraction of sp³-hybridized carbons (Fsp3) is 0.500. The first-order valence-corrected chi connectivity index (χ1v) is 5.57. The molecule has 1 aromatic rings. The van der Waals surface area contributed by atoms with Crippen molar-refractivity contribution in [3.8, 4) is 0 Å². The molecule has 0 aromatic carbocycles. The Bertz CT molecular complexity index is 452. The van der Waals surface area contributed by atoms with Crippen LogP contribution in [0.1, 0.15) is 32.0 Å². The summed E-state index contributed by atoms with van der Waals surface area (Å²) in [5.74, 6) is 0.481. The van der Waals surface area contributed by atoms with E-state index in [-0.39, 0.29) is 6.09 Å². The lowest BCUT2D eigenvalue weighted by Crippen LogP contribution is -2.33. The number of nitrogens with zero attached hydrogens (tertiary/aromatic N) is 2. The summed E-state index contributed by atoms with van der Waals surface area (Å²) in [6.45, 7) is 6.56. The van der Waals surface area contributed by atoms with Gasteiger partial charge in [-0.3, -0.25) is 4.90 Å². The molecule has 5 heteroatoms. The van der Waals surface area contributed by atoms with Crippen molar-refractivity contribution in [2.45, 2.75) is 39.5 Å². The highest BCUT2D eigenvalue weighted by Crippen LogP contribution is 2.23. The topological polar surface area (TPSA) is 68.5 Å². The molecule has 0 saturated carbocycles. The van der Waals surface area contributed by atoms with E-state index in [2.05, 4.69) is 4.98 Å². The number of aromatic nitrogens is 1. The summed E-state index contributed by atoms with van der Waals surface area (Å²) in [6, 6.07) is 3.65. The summed E-state index contributed by atoms with van der Waals surface area (Å²) in [6.07, 6.45) is -0.311. The Hall–Kier alpha value is -1.78. The number of carbonyl (C=O) groups is 1. The second kappa shape index (κ2) is 3.91. The standard InChI is InChI=1S/C12H17N3O2/c1-12(2,3)17-11(16)15-6-8-4-5-10(13)14-9(8)7-15/h4-5H,6-7H2,1-3H3,(H2,13,14). The highest BCUT2D eigenvalue weighted by Gasteiger charge is 2.28. The summed E-state index contributed by atoms with van der Waals surface area (Å²) in [7, 11) is 0. The van der Waals surface area contributed by atoms with Gasteiger partial charge >= 0.3 is 6.09 Å². The molecule has 5 nitrogen and oxygen atoms in total. The summed E-state index contributed by atoms with van der Waals surface area (Å²) < 4.78 is 5.31. The molecule has 0 spiro atoms. The third kappa shape index (κ3) is 2.67. The molecule has 2 rings (SSSR count). The molecular formula is C12H17N3O2. The third-order valence-corrected chi connectivity index (χ3v) is 2.44. The molecule has 0 radical (unpaired) electrons. The molecule has 0 atom stereocenters. The zero-order chi connectivity index (χ0) is 12.6. The van der Waals surface area contributed by atoms with Gasteiger partial charge in [0, 0.05) is 0 Å². The van der Waals surface area contributed by atoms with Crippen LogP contribution in [0, 0.1) is 0 Å². The number of fused-ring (bicyclic) bond motifs is 1. The number of rotatable bonds is 0. The minimum Gasteiger partial charge on any atom is -0.444 e. The minimum absolute atomic E-state index is 0.311. The Labute approximate surface area is 101 Å². The maximum Gasteiger partial charge on any atom is 0.410 e. The Balaban J connectivity index is 2.07. The average molecular weight is 235 g/mol. The first-order valence-electron chi connectivity index (χ1n) is 5.57. The Morgan fingerprint density at radius 1 is 1.41 bits per heavy atom. The molecule has 1 aromatic heterocycles. The van der Waals surface area contributed by atoms with Crippen LogP contribution in [-0.2, 0) is 17.8 Å². The smallest absolute Gasteiger partial charge is 0.410 e. The van der Waals surface area contributed by atoms with Crippen molar-refractivity contribution in [2.24, 2.45) is 0 Å². The molecule has 1 aliphatic heterocycles. The van der Waals surface area contributed by atoms with E-state index in [1.807, 2.05) is 26.8 Å². The molecular weight excluding hydrogens is 218 g/mol. The van der Waals surface area contributed by atoms with Gasteiger partial charge in [0.2, 0.25) is 0 Å². The lowest BCUT2D eigenvalue weighted by Gasteiger charge is -2.23. The van der Waals surface area contributed by atoms with Crippen LogP contribution in [0.2, 0.25) is 0 Å². The first kappa shape index (κ1) is 11.7. The number of amides is 1. The first-order chi connectivity index (χ1) is 7.85. The van der Waals surface area contributed by atoms with Crippen LogP contribution in [0.5, 0.6) is 0 Å². The van der Waals surface area contributed by atoms with Gasteiger partial charge in [0.25, 0.3) is 0 Å². The van der Waals surface area contributed by atoms with Crippen LogP contribution in [0.3, 0.4) is 0 Å². The molecule has 0 aliphatic carbocycles. The normalized spacial score (nSPS) is 14.6. The fourth-order valence-corrected chi connectivity index (χ4v) is 1.73. The van der Waals surface area contributed by atoms with Gasteiger partial charge in [0.15, 0.2) is 0 Å². The second-order valence-corrected chi connectivity index (χ2v) is 5.18. The zero-order valence-corrected chi connectivity index (χ0v) is 10.4. The van der Waals surface area contributed by atoms with Gasteiger partial charge < -0.3 is 10.5 Å². The van der Waals surface area contributed by atoms with Gasteiger partial charge in [-0.05, 0) is 32.4 Å². The Morgan fingerprint density at radius 2 is 2.12 bits per heavy atom. The van der Waals surface area contributed by atoms with E-state index >= 15 is 0 Å². The van der Waals surface area contributed by atoms with Gasteiger partial charge in [-0.25, -0.2) is 9.78 Å². The number of hydrogen-bond donors (Lipinski definition) is 1. The van der Waals surface area contributed by atoms with Crippen LogP contribution < -0.4 is 5.73 Å². The number of ether oxygens (including phenoxy) is 1. The molecule has 17 heavy (non-hydrogen) atoms. The van der Waals surface area contributed by atoms with E-state index in [0.29, 0.717) is 18.9 Å². The van der Waals surface area contributed by atoms with E-state index in [4.69, 9.17) is 10.5 Å². The van der Waals surface area contributed by atoms with Gasteiger partial charge in [0.1, 0.15) is 11.4 Å². The number of nitrogen functional groups attached to an aromatic ring is 1. The van der Waals surface area contributed by atoms with Crippen LogP contribution >= 0.6 is 0 Å². The van der Waals surface area contributed by atoms with Crippen LogP contribution in [0.4, 0.5) is 10.6 Å². The fourth-order valence-electron chi connectivity index (χ4n) is 1.73. The summed E-state index contributed by atoms with van der Waals surface area (Å²) in [5.41, 5.74) is 7.02. The SMILES string of the molecule is CC(C)(C)OC(=O)N1Cc2ccc(N)nc2C1. The lowest BCUT2D eigenvalue weighted by molar-refractivity contribution is 0.0240. The largest absolute Gasteiger partial charge is 0.444 e. The van der Waals surface area contributed by atoms with E-state index < -0.39 is 5.60 Å². The molecule has 0 bridgehead atoms. The van der Waals surface area contributed by atoms with Crippen molar-refractivity contribution in [1.29, 1.82) is 0 Å². The molecule has 1 amide bonds. The summed E-state index contributed by atoms with van der Waals surface area (Å²) in [5, 5.41) is 0. The van der Waals surface area contributed by atoms with Crippen molar-refractivity contribution in [1.82, 2.24) is 9.88 Å². The maximum atomic E-state index is 11.9. The quantitative estimate of drug-likeness (QED) is 0.745. The second-order valence-electron chi connectivity index (χ2n) is 5.18. The molecule has 0 saturated heterocycles. The molecule has 0 fully saturated rings. The van der Waals surface area contributed by atoms with Gasteiger partial charge in [0.05, 0.1) is 18.8 Å². The predicted molar refractivity (Wildman–Crippen MR) is 64.1 cm³/mol. The van der Waals surface area contributed by atoms with Crippen molar-refractivity contribution >= 4 is 11.9 Å². The van der Waals surface area contributed by atoms with E-state index in [1.165, 1.54) is 0 Å². The molecule has 1 aliphatic rings. The maximum absolute atomic E-state index is 11.9. The molecule has 92 valence electrons. The Morgan fingerprint density at radius 3 is 2.76 bits per heavy atom. The summed E-state index contributed by atoms with van der Waals surface area (Å²) >= 11 is 0.